The van der Waals surface area contributed by atoms with Gasteiger partial charge < -0.3 is 15.7 Å². The maximum Gasteiger partial charge on any atom is 0.268 e. The summed E-state index contributed by atoms with van der Waals surface area (Å²) < 4.78 is 0. The number of amides is 2. The van der Waals surface area contributed by atoms with Gasteiger partial charge in [0.2, 0.25) is 0 Å². The number of rotatable bonds is 3. The van der Waals surface area contributed by atoms with E-state index in [1.54, 1.807) is 7.05 Å². The van der Waals surface area contributed by atoms with E-state index in [1.165, 1.54) is 16.2 Å². The maximum atomic E-state index is 11.3. The van der Waals surface area contributed by atoms with Crippen LogP contribution in [0, 0.1) is 12.3 Å². The predicted molar refractivity (Wildman–Crippen MR) is 102 cm³/mol. The van der Waals surface area contributed by atoms with Crippen LogP contribution in [0.25, 0.3) is 10.6 Å². The van der Waals surface area contributed by atoms with Crippen molar-refractivity contribution in [2.45, 2.75) is 25.9 Å². The van der Waals surface area contributed by atoms with Crippen LogP contribution in [0.3, 0.4) is 0 Å². The van der Waals surface area contributed by atoms with E-state index in [2.05, 4.69) is 10.9 Å². The molecule has 3 rings (SSSR count). The number of nitrogens with zero attached hydrogens (tertiary/aromatic N) is 2. The van der Waals surface area contributed by atoms with Crippen LogP contribution in [0.1, 0.15) is 34.3 Å². The summed E-state index contributed by atoms with van der Waals surface area (Å²) in [4.78, 5) is 28.6. The molecule has 7 heteroatoms. The Hall–Kier alpha value is -2.69. The lowest BCUT2D eigenvalue weighted by Gasteiger charge is -2.04. The van der Waals surface area contributed by atoms with Crippen LogP contribution in [-0.4, -0.2) is 46.5 Å². The molecule has 136 valence electrons. The molecule has 1 atom stereocenters. The van der Waals surface area contributed by atoms with Crippen LogP contribution in [0.4, 0.5) is 0 Å². The van der Waals surface area contributed by atoms with Crippen molar-refractivity contribution in [3.63, 3.8) is 0 Å². The second kappa shape index (κ2) is 8.61. The molecule has 1 saturated heterocycles. The number of aliphatic hydroxyl groups excluding tert-OH is 1. The number of benzene rings is 1. The fourth-order valence-electron chi connectivity index (χ4n) is 2.45. The number of aromatic nitrogens is 1. The number of thiazole rings is 1. The van der Waals surface area contributed by atoms with Crippen molar-refractivity contribution in [1.82, 2.24) is 9.88 Å². The zero-order chi connectivity index (χ0) is 19.3. The summed E-state index contributed by atoms with van der Waals surface area (Å²) in [6, 6.07) is 7.53. The van der Waals surface area contributed by atoms with E-state index in [9.17, 15) is 9.59 Å². The summed E-state index contributed by atoms with van der Waals surface area (Å²) in [5, 5.41) is 9.55. The summed E-state index contributed by atoms with van der Waals surface area (Å²) >= 11 is 1.48. The molecule has 2 heterocycles. The molecule has 1 aliphatic heterocycles. The van der Waals surface area contributed by atoms with Crippen LogP contribution >= 0.6 is 11.3 Å². The van der Waals surface area contributed by atoms with Gasteiger partial charge in [-0.05, 0) is 25.0 Å². The molecule has 2 aromatic rings. The number of hydrogen-bond donors (Lipinski definition) is 2. The predicted octanol–water partition coefficient (Wildman–Crippen LogP) is 1.66. The van der Waals surface area contributed by atoms with Crippen molar-refractivity contribution >= 4 is 23.2 Å². The van der Waals surface area contributed by atoms with Crippen LogP contribution in [0.2, 0.25) is 0 Å². The number of aryl methyl sites for hydroxylation is 1. The fraction of sp³-hybridized carbons (Fsp3) is 0.316. The Morgan fingerprint density at radius 2 is 2.27 bits per heavy atom. The Labute approximate surface area is 156 Å². The van der Waals surface area contributed by atoms with Gasteiger partial charge in [-0.1, -0.05) is 25.0 Å². The average molecular weight is 371 g/mol. The van der Waals surface area contributed by atoms with Gasteiger partial charge in [0.1, 0.15) is 16.8 Å². The Kier molecular flexibility index (Phi) is 6.50. The van der Waals surface area contributed by atoms with Gasteiger partial charge in [-0.25, -0.2) is 4.98 Å². The topological polar surface area (TPSA) is 96.5 Å². The highest BCUT2D eigenvalue weighted by Crippen LogP contribution is 2.28. The largest absolute Gasteiger partial charge is 0.383 e. The van der Waals surface area contributed by atoms with Crippen molar-refractivity contribution in [3.05, 3.63) is 40.4 Å². The van der Waals surface area contributed by atoms with E-state index in [4.69, 9.17) is 17.3 Å². The molecule has 26 heavy (non-hydrogen) atoms. The summed E-state index contributed by atoms with van der Waals surface area (Å²) in [6.07, 6.45) is 5.98. The summed E-state index contributed by atoms with van der Waals surface area (Å²) in [5.74, 6) is 1.95. The van der Waals surface area contributed by atoms with E-state index >= 15 is 0 Å². The number of likely N-dealkylation sites (N-methyl/N-ethyl adjacent to an activating group) is 1. The molecular formula is C19H21N3O3S. The fourth-order valence-corrected chi connectivity index (χ4v) is 3.46. The molecule has 0 saturated carbocycles. The molecule has 1 fully saturated rings. The standard InChI is InChI=1S/C14H12N2OS.C5H9NO2/c1-3-9-6-5-7-10(8-9)14-16-12(13(15)17)11(4-2)18-14;1-6-3-2-4(7)5(6)8/h1,5-8H,4H2,2H3,(H2,15,17);4,7H,2-3H2,1H3. The molecule has 0 bridgehead atoms. The molecule has 1 unspecified atom stereocenters. The van der Waals surface area contributed by atoms with Crippen molar-refractivity contribution < 1.29 is 14.7 Å². The molecule has 6 nitrogen and oxygen atoms in total. The molecule has 1 aromatic heterocycles. The zero-order valence-electron chi connectivity index (χ0n) is 14.7. The Bertz CT molecular complexity index is 842. The number of nitrogens with two attached hydrogens (primary N) is 1. The quantitative estimate of drug-likeness (QED) is 0.802. The third kappa shape index (κ3) is 4.48. The molecule has 0 aliphatic carbocycles. The zero-order valence-corrected chi connectivity index (χ0v) is 15.5. The lowest BCUT2D eigenvalue weighted by Crippen LogP contribution is -2.24. The van der Waals surface area contributed by atoms with Gasteiger partial charge in [-0.2, -0.15) is 0 Å². The van der Waals surface area contributed by atoms with Crippen LogP contribution in [0.15, 0.2) is 24.3 Å². The minimum Gasteiger partial charge on any atom is -0.383 e. The highest BCUT2D eigenvalue weighted by molar-refractivity contribution is 7.15. The third-order valence-corrected chi connectivity index (χ3v) is 5.18. The summed E-state index contributed by atoms with van der Waals surface area (Å²) in [7, 11) is 1.69. The first-order valence-electron chi connectivity index (χ1n) is 8.17. The van der Waals surface area contributed by atoms with Gasteiger partial charge in [0.05, 0.1) is 0 Å². The number of carbonyl (C=O) groups excluding carboxylic acids is 2. The summed E-state index contributed by atoms with van der Waals surface area (Å²) in [5.41, 5.74) is 7.38. The van der Waals surface area contributed by atoms with Crippen molar-refractivity contribution in [2.24, 2.45) is 5.73 Å². The van der Waals surface area contributed by atoms with E-state index in [0.29, 0.717) is 18.7 Å². The van der Waals surface area contributed by atoms with Crippen LogP contribution < -0.4 is 5.73 Å². The third-order valence-electron chi connectivity index (χ3n) is 3.93. The van der Waals surface area contributed by atoms with E-state index in [0.717, 1.165) is 27.4 Å². The lowest BCUT2D eigenvalue weighted by molar-refractivity contribution is -0.133. The van der Waals surface area contributed by atoms with E-state index < -0.39 is 12.0 Å². The van der Waals surface area contributed by atoms with Crippen LogP contribution in [0.5, 0.6) is 0 Å². The maximum absolute atomic E-state index is 11.3. The monoisotopic (exact) mass is 371 g/mol. The minimum absolute atomic E-state index is 0.148. The molecule has 1 aliphatic rings. The van der Waals surface area contributed by atoms with Gasteiger partial charge in [0, 0.05) is 29.6 Å². The first-order valence-corrected chi connectivity index (χ1v) is 8.98. The number of hydrogen-bond acceptors (Lipinski definition) is 5. The minimum atomic E-state index is -0.722. The van der Waals surface area contributed by atoms with Crippen molar-refractivity contribution in [1.29, 1.82) is 0 Å². The van der Waals surface area contributed by atoms with Gasteiger partial charge >= 0.3 is 0 Å². The second-order valence-corrected chi connectivity index (χ2v) is 6.88. The van der Waals surface area contributed by atoms with Gasteiger partial charge in [0.15, 0.2) is 0 Å². The Morgan fingerprint density at radius 1 is 1.54 bits per heavy atom. The number of carbonyl (C=O) groups is 2. The van der Waals surface area contributed by atoms with E-state index in [-0.39, 0.29) is 5.91 Å². The first kappa shape index (κ1) is 19.6. The highest BCUT2D eigenvalue weighted by atomic mass is 32.1. The highest BCUT2D eigenvalue weighted by Gasteiger charge is 2.26. The van der Waals surface area contributed by atoms with Crippen molar-refractivity contribution in [2.75, 3.05) is 13.6 Å². The SMILES string of the molecule is C#Cc1cccc(-c2nc(C(N)=O)c(CC)s2)c1.CN1CCC(O)C1=O. The first-order chi connectivity index (χ1) is 12.4. The molecule has 0 spiro atoms. The number of terminal acetylenes is 1. The Balaban J connectivity index is 0.000000254. The van der Waals surface area contributed by atoms with E-state index in [1.807, 2.05) is 31.2 Å². The Morgan fingerprint density at radius 3 is 2.69 bits per heavy atom. The molecule has 3 N–H and O–H groups in total. The molecule has 1 aromatic carbocycles. The molecule has 2 amide bonds. The second-order valence-electron chi connectivity index (χ2n) is 5.80. The number of aliphatic hydroxyl groups is 1. The van der Waals surface area contributed by atoms with Gasteiger partial charge in [0.25, 0.3) is 11.8 Å². The smallest absolute Gasteiger partial charge is 0.268 e. The average Bonchev–Trinajstić information content (AvgIpc) is 3.21. The molecular weight excluding hydrogens is 350 g/mol. The van der Waals surface area contributed by atoms with Crippen LogP contribution in [-0.2, 0) is 11.2 Å². The summed E-state index contributed by atoms with van der Waals surface area (Å²) in [6.45, 7) is 2.67. The number of primary amides is 1. The van der Waals surface area contributed by atoms with Gasteiger partial charge in [-0.3, -0.25) is 9.59 Å². The normalized spacial score (nSPS) is 16.0. The number of likely N-dealkylation sites (tertiary alicyclic amines) is 1. The molecule has 0 radical (unpaired) electrons. The van der Waals surface area contributed by atoms with Gasteiger partial charge in [-0.15, -0.1) is 17.8 Å². The lowest BCUT2D eigenvalue weighted by atomic mass is 10.1. The van der Waals surface area contributed by atoms with Crippen molar-refractivity contribution in [3.8, 4) is 22.9 Å².